The molecule has 0 saturated heterocycles. The van der Waals surface area contributed by atoms with Crippen LogP contribution >= 0.6 is 0 Å². The van der Waals surface area contributed by atoms with E-state index in [-0.39, 0.29) is 11.5 Å². The largest absolute Gasteiger partial charge is 0.586 e. The maximum absolute atomic E-state index is 12.5. The van der Waals surface area contributed by atoms with Crippen LogP contribution in [0.15, 0.2) is 18.2 Å². The van der Waals surface area contributed by atoms with E-state index in [2.05, 4.69) is 14.8 Å². The topological polar surface area (TPSA) is 54.3 Å². The van der Waals surface area contributed by atoms with Crippen LogP contribution in [-0.4, -0.2) is 6.29 Å². The van der Waals surface area contributed by atoms with E-state index in [1.165, 1.54) is 18.2 Å². The number of nitrogens with zero attached hydrogens (tertiary/aromatic N) is 1. The molecule has 0 saturated carbocycles. The number of hydrogen-bond acceptors (Lipinski definition) is 4. The lowest BCUT2D eigenvalue weighted by Crippen LogP contribution is -2.25. The maximum atomic E-state index is 12.5. The Hall–Kier alpha value is -2.03. The summed E-state index contributed by atoms with van der Waals surface area (Å²) in [7, 11) is 0. The number of halogens is 2. The van der Waals surface area contributed by atoms with Gasteiger partial charge in [-0.3, -0.25) is 5.32 Å². The Kier molecular flexibility index (Phi) is 1.67. The normalized spacial score (nSPS) is 16.1. The molecule has 0 unspecified atom stereocenters. The number of benzene rings is 1. The van der Waals surface area contributed by atoms with Crippen molar-refractivity contribution in [2.45, 2.75) is 6.29 Å². The van der Waals surface area contributed by atoms with Crippen LogP contribution in [0.5, 0.6) is 11.5 Å². The first-order valence-corrected chi connectivity index (χ1v) is 3.66. The monoisotopic (exact) mass is 198 g/mol. The third kappa shape index (κ3) is 1.40. The molecule has 0 aromatic heterocycles. The van der Waals surface area contributed by atoms with Gasteiger partial charge in [0.05, 0.1) is 5.69 Å². The number of nitrogens with one attached hydrogen (secondary N) is 1. The Balaban J connectivity index is 2.32. The summed E-state index contributed by atoms with van der Waals surface area (Å²) in [6.45, 7) is 0. The molecular formula is C8H4F2N2O2. The number of hydrogen-bond donors (Lipinski definition) is 1. The molecule has 6 heteroatoms. The molecule has 0 spiro atoms. The predicted molar refractivity (Wildman–Crippen MR) is 41.9 cm³/mol. The molecule has 0 fully saturated rings. The molecule has 0 aliphatic carbocycles. The zero-order chi connectivity index (χ0) is 10.2. The standard InChI is InChI=1S/C8H4F2N2O2/c9-8(10)13-6-2-1-5(12-4-11)3-7(6)14-8/h1-3,12H. The van der Waals surface area contributed by atoms with Crippen LogP contribution < -0.4 is 14.8 Å². The molecule has 14 heavy (non-hydrogen) atoms. The van der Waals surface area contributed by atoms with E-state index in [4.69, 9.17) is 5.26 Å². The van der Waals surface area contributed by atoms with Crippen molar-refractivity contribution in [3.63, 3.8) is 0 Å². The van der Waals surface area contributed by atoms with Crippen LogP contribution in [0.25, 0.3) is 0 Å². The van der Waals surface area contributed by atoms with Crippen molar-refractivity contribution >= 4 is 5.69 Å². The van der Waals surface area contributed by atoms with E-state index < -0.39 is 6.29 Å². The minimum atomic E-state index is -3.62. The van der Waals surface area contributed by atoms with E-state index in [1.54, 1.807) is 6.19 Å². The molecule has 72 valence electrons. The van der Waals surface area contributed by atoms with Gasteiger partial charge in [0.2, 0.25) is 0 Å². The minimum absolute atomic E-state index is 0.0431. The number of alkyl halides is 2. The van der Waals surface area contributed by atoms with Crippen LogP contribution in [0.2, 0.25) is 0 Å². The molecule has 4 nitrogen and oxygen atoms in total. The first-order chi connectivity index (χ1) is 6.61. The minimum Gasteiger partial charge on any atom is -0.395 e. The Morgan fingerprint density at radius 3 is 2.71 bits per heavy atom. The van der Waals surface area contributed by atoms with Crippen LogP contribution in [0.3, 0.4) is 0 Å². The Morgan fingerprint density at radius 2 is 2.00 bits per heavy atom. The molecule has 0 bridgehead atoms. The number of nitriles is 1. The van der Waals surface area contributed by atoms with Crippen molar-refractivity contribution in [1.82, 2.24) is 0 Å². The number of anilines is 1. The fourth-order valence-corrected chi connectivity index (χ4v) is 1.09. The highest BCUT2D eigenvalue weighted by Gasteiger charge is 2.43. The highest BCUT2D eigenvalue weighted by atomic mass is 19.3. The summed E-state index contributed by atoms with van der Waals surface area (Å²) < 4.78 is 33.4. The van der Waals surface area contributed by atoms with Gasteiger partial charge in [0, 0.05) is 6.07 Å². The van der Waals surface area contributed by atoms with Gasteiger partial charge in [0.15, 0.2) is 17.7 Å². The molecule has 0 atom stereocenters. The van der Waals surface area contributed by atoms with Gasteiger partial charge in [-0.2, -0.15) is 5.26 Å². The maximum Gasteiger partial charge on any atom is 0.586 e. The van der Waals surface area contributed by atoms with Gasteiger partial charge in [0.1, 0.15) is 0 Å². The summed E-state index contributed by atoms with van der Waals surface area (Å²) in [5.74, 6) is -0.131. The second-order valence-corrected chi connectivity index (χ2v) is 2.57. The van der Waals surface area contributed by atoms with Crippen molar-refractivity contribution < 1.29 is 18.3 Å². The van der Waals surface area contributed by atoms with Crippen molar-refractivity contribution in [3.8, 4) is 17.7 Å². The van der Waals surface area contributed by atoms with Crippen molar-refractivity contribution in [1.29, 1.82) is 5.26 Å². The Morgan fingerprint density at radius 1 is 1.29 bits per heavy atom. The van der Waals surface area contributed by atoms with E-state index in [9.17, 15) is 8.78 Å². The average Bonchev–Trinajstić information content (AvgIpc) is 2.38. The fraction of sp³-hybridized carbons (Fsp3) is 0.125. The second-order valence-electron chi connectivity index (χ2n) is 2.57. The first kappa shape index (κ1) is 8.56. The van der Waals surface area contributed by atoms with E-state index in [1.807, 2.05) is 0 Å². The Labute approximate surface area is 77.7 Å². The van der Waals surface area contributed by atoms with Gasteiger partial charge in [-0.05, 0) is 12.1 Å². The third-order valence-corrected chi connectivity index (χ3v) is 1.60. The fourth-order valence-electron chi connectivity index (χ4n) is 1.09. The lowest BCUT2D eigenvalue weighted by Gasteiger charge is -2.04. The molecule has 1 aromatic carbocycles. The number of rotatable bonds is 1. The average molecular weight is 198 g/mol. The highest BCUT2D eigenvalue weighted by molar-refractivity contribution is 5.57. The lowest BCUT2D eigenvalue weighted by molar-refractivity contribution is -0.286. The molecule has 0 radical (unpaired) electrons. The highest BCUT2D eigenvalue weighted by Crippen LogP contribution is 2.42. The summed E-state index contributed by atoms with van der Waals surface area (Å²) in [5, 5.41) is 10.6. The van der Waals surface area contributed by atoms with E-state index in [0.29, 0.717) is 5.69 Å². The SMILES string of the molecule is N#CNc1ccc2c(c1)OC(F)(F)O2. The van der Waals surface area contributed by atoms with Crippen molar-refractivity contribution in [2.75, 3.05) is 5.32 Å². The smallest absolute Gasteiger partial charge is 0.395 e. The van der Waals surface area contributed by atoms with Crippen LogP contribution in [0.1, 0.15) is 0 Å². The van der Waals surface area contributed by atoms with Gasteiger partial charge < -0.3 is 9.47 Å². The molecule has 1 aliphatic rings. The zero-order valence-corrected chi connectivity index (χ0v) is 6.75. The molecule has 1 aromatic rings. The molecular weight excluding hydrogens is 194 g/mol. The zero-order valence-electron chi connectivity index (χ0n) is 6.75. The van der Waals surface area contributed by atoms with E-state index in [0.717, 1.165) is 0 Å². The molecule has 0 amide bonds. The summed E-state index contributed by atoms with van der Waals surface area (Å²) in [5.41, 5.74) is 0.368. The third-order valence-electron chi connectivity index (χ3n) is 1.60. The van der Waals surface area contributed by atoms with Crippen LogP contribution in [0.4, 0.5) is 14.5 Å². The van der Waals surface area contributed by atoms with Crippen LogP contribution in [-0.2, 0) is 0 Å². The summed E-state index contributed by atoms with van der Waals surface area (Å²) in [6.07, 6.45) is -1.96. The van der Waals surface area contributed by atoms with Crippen molar-refractivity contribution in [3.05, 3.63) is 18.2 Å². The predicted octanol–water partition coefficient (Wildman–Crippen LogP) is 1.90. The summed E-state index contributed by atoms with van der Waals surface area (Å²) >= 11 is 0. The summed E-state index contributed by atoms with van der Waals surface area (Å²) in [6, 6.07) is 4.00. The van der Waals surface area contributed by atoms with Crippen molar-refractivity contribution in [2.24, 2.45) is 0 Å². The van der Waals surface area contributed by atoms with Gasteiger partial charge in [-0.25, -0.2) is 0 Å². The lowest BCUT2D eigenvalue weighted by atomic mass is 10.3. The summed E-state index contributed by atoms with van der Waals surface area (Å²) in [4.78, 5) is 0. The van der Waals surface area contributed by atoms with E-state index >= 15 is 0 Å². The number of fused-ring (bicyclic) bond motifs is 1. The van der Waals surface area contributed by atoms with Gasteiger partial charge in [-0.15, -0.1) is 8.78 Å². The Bertz CT molecular complexity index is 414. The second kappa shape index (κ2) is 2.73. The molecule has 2 rings (SSSR count). The molecule has 1 heterocycles. The first-order valence-electron chi connectivity index (χ1n) is 3.66. The quantitative estimate of drug-likeness (QED) is 0.553. The number of ether oxygens (including phenoxy) is 2. The van der Waals surface area contributed by atoms with Crippen LogP contribution in [0, 0.1) is 11.5 Å². The molecule has 1 N–H and O–H groups in total. The van der Waals surface area contributed by atoms with Gasteiger partial charge >= 0.3 is 6.29 Å². The molecule has 1 aliphatic heterocycles. The van der Waals surface area contributed by atoms with Gasteiger partial charge in [-0.1, -0.05) is 0 Å². The van der Waals surface area contributed by atoms with Gasteiger partial charge in [0.25, 0.3) is 0 Å².